The summed E-state index contributed by atoms with van der Waals surface area (Å²) in [5.74, 6) is 5.17. The Labute approximate surface area is 223 Å². The number of carboxylic acid groups (broad SMARTS) is 1. The molecule has 0 spiro atoms. The molecule has 38 heavy (non-hydrogen) atoms. The van der Waals surface area contributed by atoms with Crippen LogP contribution in [0.2, 0.25) is 0 Å². The minimum Gasteiger partial charge on any atom is -0.759 e. The van der Waals surface area contributed by atoms with Gasteiger partial charge in [0.15, 0.2) is 5.78 Å². The van der Waals surface area contributed by atoms with E-state index in [-0.39, 0.29) is 5.78 Å². The Kier molecular flexibility index (Phi) is 8.89. The Morgan fingerprint density at radius 1 is 1.03 bits per heavy atom. The summed E-state index contributed by atoms with van der Waals surface area (Å²) in [6, 6.07) is 18.2. The number of anilines is 1. The minimum absolute atomic E-state index is 0.0135. The lowest BCUT2D eigenvalue weighted by Gasteiger charge is -2.44. The summed E-state index contributed by atoms with van der Waals surface area (Å²) in [6.07, 6.45) is -0.482. The molecule has 0 amide bonds. The summed E-state index contributed by atoms with van der Waals surface area (Å²) in [4.78, 5) is 25.2. The summed E-state index contributed by atoms with van der Waals surface area (Å²) in [6.45, 7) is 2.74. The maximum Gasteiger partial charge on any atom is 0.305 e. The van der Waals surface area contributed by atoms with Crippen LogP contribution in [0.5, 0.6) is 0 Å². The van der Waals surface area contributed by atoms with E-state index in [9.17, 15) is 23.5 Å². The van der Waals surface area contributed by atoms with Gasteiger partial charge in [0, 0.05) is 59.8 Å². The fourth-order valence-corrected chi connectivity index (χ4v) is 5.31. The van der Waals surface area contributed by atoms with Crippen LogP contribution in [0.4, 0.5) is 5.69 Å². The van der Waals surface area contributed by atoms with Crippen LogP contribution in [-0.4, -0.2) is 79.0 Å². The van der Waals surface area contributed by atoms with Crippen molar-refractivity contribution in [3.63, 3.8) is 0 Å². The molecule has 1 aliphatic heterocycles. The van der Waals surface area contributed by atoms with E-state index in [0.717, 1.165) is 32.0 Å². The van der Waals surface area contributed by atoms with Crippen LogP contribution in [0.3, 0.4) is 0 Å². The second kappa shape index (κ2) is 12.3. The van der Waals surface area contributed by atoms with Crippen LogP contribution in [0.1, 0.15) is 34.8 Å². The van der Waals surface area contributed by atoms with E-state index in [1.807, 2.05) is 60.7 Å². The average Bonchev–Trinajstić information content (AvgIpc) is 2.91. The largest absolute Gasteiger partial charge is 0.759 e. The lowest BCUT2D eigenvalue weighted by molar-refractivity contribution is -0.139. The van der Waals surface area contributed by atoms with Crippen molar-refractivity contribution in [1.82, 2.24) is 9.42 Å². The van der Waals surface area contributed by atoms with E-state index in [4.69, 9.17) is 5.11 Å². The number of hydrazine groups is 1. The molecule has 2 N–H and O–H groups in total. The van der Waals surface area contributed by atoms with E-state index in [0.29, 0.717) is 31.7 Å². The molecule has 10 heteroatoms. The van der Waals surface area contributed by atoms with E-state index >= 15 is 0 Å². The predicted octanol–water partition coefficient (Wildman–Crippen LogP) is 2.41. The van der Waals surface area contributed by atoms with Crippen LogP contribution in [-0.2, 0) is 16.1 Å². The van der Waals surface area contributed by atoms with Crippen LogP contribution >= 0.6 is 0 Å². The fourth-order valence-electron chi connectivity index (χ4n) is 4.57. The first-order valence-electron chi connectivity index (χ1n) is 12.1. The Hall–Kier alpha value is -3.59. The Bertz CT molecular complexity index is 1410. The first-order chi connectivity index (χ1) is 18.3. The molecule has 198 valence electrons. The zero-order chi connectivity index (χ0) is 27.2. The number of ketones is 1. The van der Waals surface area contributed by atoms with Crippen molar-refractivity contribution in [3.05, 3.63) is 77.4 Å². The van der Waals surface area contributed by atoms with Crippen molar-refractivity contribution >= 4 is 39.5 Å². The molecule has 0 aliphatic carbocycles. The van der Waals surface area contributed by atoms with E-state index < -0.39 is 36.3 Å². The molecule has 9 nitrogen and oxygen atoms in total. The van der Waals surface area contributed by atoms with E-state index in [1.54, 1.807) is 11.9 Å². The molecule has 0 radical (unpaired) electrons. The highest BCUT2D eigenvalue weighted by molar-refractivity contribution is 7.76. The van der Waals surface area contributed by atoms with E-state index in [1.165, 1.54) is 0 Å². The maximum absolute atomic E-state index is 12.0. The van der Waals surface area contributed by atoms with Crippen molar-refractivity contribution in [2.24, 2.45) is 0 Å². The normalized spacial score (nSPS) is 15.6. The predicted molar refractivity (Wildman–Crippen MR) is 144 cm³/mol. The molecule has 2 atom stereocenters. The van der Waals surface area contributed by atoms with Gasteiger partial charge in [-0.2, -0.15) is 4.41 Å². The number of aliphatic hydroxyl groups is 1. The molecule has 1 fully saturated rings. The van der Waals surface area contributed by atoms with Gasteiger partial charge in [0.25, 0.3) is 0 Å². The van der Waals surface area contributed by atoms with Crippen LogP contribution in [0.25, 0.3) is 10.8 Å². The smallest absolute Gasteiger partial charge is 0.305 e. The summed E-state index contributed by atoms with van der Waals surface area (Å²) in [7, 11) is 0. The Balaban J connectivity index is 1.42. The van der Waals surface area contributed by atoms with Gasteiger partial charge in [-0.1, -0.05) is 36.1 Å². The second-order valence-corrected chi connectivity index (χ2v) is 9.80. The number of fused-ring (bicyclic) bond motifs is 1. The molecule has 0 saturated carbocycles. The molecule has 1 aliphatic rings. The molecule has 4 rings (SSSR count). The third-order valence-electron chi connectivity index (χ3n) is 6.47. The van der Waals surface area contributed by atoms with Gasteiger partial charge < -0.3 is 19.7 Å². The van der Waals surface area contributed by atoms with E-state index in [2.05, 4.69) is 16.7 Å². The van der Waals surface area contributed by atoms with Crippen molar-refractivity contribution in [2.45, 2.75) is 19.4 Å². The van der Waals surface area contributed by atoms with Gasteiger partial charge in [-0.25, -0.2) is 5.01 Å². The number of aliphatic hydroxyl groups excluding tert-OH is 1. The lowest BCUT2D eigenvalue weighted by atomic mass is 10.00. The number of carbonyl (C=O) groups excluding carboxylic acids is 1. The Morgan fingerprint density at radius 3 is 2.29 bits per heavy atom. The lowest BCUT2D eigenvalue weighted by Crippen LogP contribution is -2.58. The van der Waals surface area contributed by atoms with Gasteiger partial charge in [0.1, 0.15) is 0 Å². The molecule has 1 saturated heterocycles. The van der Waals surface area contributed by atoms with Gasteiger partial charge in [-0.3, -0.25) is 13.8 Å². The molecule has 0 aromatic heterocycles. The van der Waals surface area contributed by atoms with Crippen molar-refractivity contribution in [3.8, 4) is 11.8 Å². The average molecular weight is 535 g/mol. The molecular weight excluding hydrogens is 506 g/mol. The van der Waals surface area contributed by atoms with Crippen molar-refractivity contribution < 1.29 is 28.6 Å². The van der Waals surface area contributed by atoms with Gasteiger partial charge >= 0.3 is 5.97 Å². The summed E-state index contributed by atoms with van der Waals surface area (Å²) in [5.41, 5.74) is 3.29. The van der Waals surface area contributed by atoms with Gasteiger partial charge in [0.05, 0.1) is 19.1 Å². The highest BCUT2D eigenvalue weighted by atomic mass is 32.2. The molecule has 2 unspecified atom stereocenters. The zero-order valence-corrected chi connectivity index (χ0v) is 21.7. The monoisotopic (exact) mass is 534 g/mol. The summed E-state index contributed by atoms with van der Waals surface area (Å²) < 4.78 is 24.5. The first kappa shape index (κ1) is 27.4. The highest BCUT2D eigenvalue weighted by Gasteiger charge is 2.30. The SMILES string of the molecule is CC(=O)c1cccc2ccc(C#Cc3ccc(N4CCN(N(C(CO)CC(=O)O)S(=O)[O-])CC4)cc3)cc12. The van der Waals surface area contributed by atoms with Gasteiger partial charge in [0.2, 0.25) is 0 Å². The fraction of sp³-hybridized carbons (Fsp3) is 0.286. The zero-order valence-electron chi connectivity index (χ0n) is 20.9. The maximum atomic E-state index is 12.0. The molecule has 3 aromatic carbocycles. The van der Waals surface area contributed by atoms with Crippen molar-refractivity contribution in [2.75, 3.05) is 37.7 Å². The summed E-state index contributed by atoms with van der Waals surface area (Å²) >= 11 is -2.70. The number of hydrogen-bond acceptors (Lipinski definition) is 7. The highest BCUT2D eigenvalue weighted by Crippen LogP contribution is 2.22. The molecule has 0 bridgehead atoms. The number of Topliss-reactive ketones (excluding diaryl/α,β-unsaturated/α-hetero) is 1. The number of carboxylic acids is 1. The van der Waals surface area contributed by atoms with Crippen molar-refractivity contribution in [1.29, 1.82) is 0 Å². The van der Waals surface area contributed by atoms with Crippen LogP contribution < -0.4 is 4.90 Å². The third-order valence-corrected chi connectivity index (χ3v) is 7.30. The topological polar surface area (TPSA) is 124 Å². The standard InChI is InChI=1S/C28H29N3O6S/c1-20(33)26-4-2-3-23-10-7-22(17-27(23)26)6-5-21-8-11-24(12-9-21)29-13-15-30(16-14-29)31(38(36)37)25(19-32)18-28(34)35/h2-4,7-12,17,25,32H,13-16,18-19H2,1H3,(H,34,35)(H,36,37)/p-1. The molecule has 1 heterocycles. The number of carbonyl (C=O) groups is 2. The molecule has 3 aromatic rings. The number of rotatable bonds is 8. The second-order valence-electron chi connectivity index (χ2n) is 8.99. The first-order valence-corrected chi connectivity index (χ1v) is 13.2. The minimum atomic E-state index is -2.70. The number of hydrogen-bond donors (Lipinski definition) is 2. The summed E-state index contributed by atoms with van der Waals surface area (Å²) in [5, 5.41) is 22.0. The quantitative estimate of drug-likeness (QED) is 0.257. The van der Waals surface area contributed by atoms with Gasteiger partial charge in [-0.05, 0) is 54.1 Å². The number of nitrogens with zero attached hydrogens (tertiary/aromatic N) is 3. The van der Waals surface area contributed by atoms with Crippen LogP contribution in [0.15, 0.2) is 60.7 Å². The number of benzene rings is 3. The van der Waals surface area contributed by atoms with Crippen LogP contribution in [0, 0.1) is 11.8 Å². The number of aliphatic carboxylic acids is 1. The van der Waals surface area contributed by atoms with Gasteiger partial charge in [-0.15, -0.1) is 0 Å². The third kappa shape index (κ3) is 6.45. The Morgan fingerprint density at radius 2 is 1.68 bits per heavy atom. The number of piperazine rings is 1. The molecular formula is C28H28N3O6S-.